The zero-order chi connectivity index (χ0) is 35.0. The fourth-order valence-electron chi connectivity index (χ4n) is 12.4. The van der Waals surface area contributed by atoms with Gasteiger partial charge in [-0.1, -0.05) is 145 Å². The van der Waals surface area contributed by atoms with Crippen LogP contribution in [-0.2, 0) is 5.41 Å². The van der Waals surface area contributed by atoms with E-state index in [-0.39, 0.29) is 5.41 Å². The number of hydrogen-bond donors (Lipinski definition) is 0. The normalized spacial score (nSPS) is 36.8. The monoisotopic (exact) mass is 651 g/mol. The molecule has 0 spiro atoms. The van der Waals surface area contributed by atoms with Gasteiger partial charge in [-0.25, -0.2) is 0 Å². The molecular weight excluding hydrogens is 577 g/mol. The first-order valence-corrected chi connectivity index (χ1v) is 20.4. The van der Waals surface area contributed by atoms with E-state index in [0.29, 0.717) is 28.1 Å². The lowest BCUT2D eigenvalue weighted by molar-refractivity contribution is 0.0517. The third-order valence-corrected chi connectivity index (χ3v) is 15.4. The summed E-state index contributed by atoms with van der Waals surface area (Å²) in [6.45, 7) is 32.7. The van der Waals surface area contributed by atoms with E-state index in [2.05, 4.69) is 145 Å². The molecule has 4 saturated carbocycles. The molecule has 2 aromatic carbocycles. The van der Waals surface area contributed by atoms with Crippen molar-refractivity contribution in [2.75, 3.05) is 0 Å². The van der Waals surface area contributed by atoms with Crippen LogP contribution in [0.2, 0.25) is 0 Å². The van der Waals surface area contributed by atoms with Gasteiger partial charge in [-0.15, -0.1) is 0 Å². The van der Waals surface area contributed by atoms with Gasteiger partial charge in [0.05, 0.1) is 0 Å². The maximum Gasteiger partial charge on any atom is -0.00971 e. The van der Waals surface area contributed by atoms with Crippen LogP contribution < -0.4 is 0 Å². The summed E-state index contributed by atoms with van der Waals surface area (Å²) >= 11 is 0. The minimum Gasteiger partial charge on any atom is -0.0622 e. The molecule has 0 heteroatoms. The van der Waals surface area contributed by atoms with Crippen molar-refractivity contribution >= 4 is 0 Å². The summed E-state index contributed by atoms with van der Waals surface area (Å²) in [6, 6.07) is 22.2. The fourth-order valence-corrected chi connectivity index (χ4v) is 12.4. The SMILES string of the molecule is CC1CC(C(C)(C)C)CC1C(c1ccc(C(C)(C)C)cc1)C1C2CC(C(C)(C)C)CCC2C2C(c3ccccc3)CC(C(C)(C)C)CC21. The molecule has 12 unspecified atom stereocenters. The smallest absolute Gasteiger partial charge is 0.00971 e. The first-order valence-electron chi connectivity index (χ1n) is 20.4. The quantitative estimate of drug-likeness (QED) is 0.309. The maximum absolute atomic E-state index is 2.65. The Bertz CT molecular complexity index is 1350. The number of benzene rings is 2. The van der Waals surface area contributed by atoms with Crippen LogP contribution in [0.4, 0.5) is 0 Å². The molecule has 48 heavy (non-hydrogen) atoms. The average Bonchev–Trinajstić information content (AvgIpc) is 3.54. The summed E-state index contributed by atoms with van der Waals surface area (Å²) in [5.41, 5.74) is 6.11. The molecule has 266 valence electrons. The fraction of sp³-hybridized carbons (Fsp3) is 0.750. The Morgan fingerprint density at radius 2 is 1.10 bits per heavy atom. The van der Waals surface area contributed by atoms with Crippen LogP contribution in [0.3, 0.4) is 0 Å². The van der Waals surface area contributed by atoms with Crippen molar-refractivity contribution in [3.05, 3.63) is 71.3 Å². The second-order valence-electron chi connectivity index (χ2n) is 22.1. The topological polar surface area (TPSA) is 0 Å². The van der Waals surface area contributed by atoms with E-state index in [1.807, 2.05) is 0 Å². The van der Waals surface area contributed by atoms with Crippen molar-refractivity contribution in [3.8, 4) is 0 Å². The lowest BCUT2D eigenvalue weighted by Crippen LogP contribution is -2.39. The predicted octanol–water partition coefficient (Wildman–Crippen LogP) is 14.0. The van der Waals surface area contributed by atoms with Crippen LogP contribution >= 0.6 is 0 Å². The van der Waals surface area contributed by atoms with Crippen LogP contribution in [0, 0.1) is 75.4 Å². The van der Waals surface area contributed by atoms with Crippen molar-refractivity contribution in [2.24, 2.45) is 75.4 Å². The van der Waals surface area contributed by atoms with Gasteiger partial charge in [0.1, 0.15) is 0 Å². The first kappa shape index (κ1) is 36.2. The molecule has 0 radical (unpaired) electrons. The summed E-state index contributed by atoms with van der Waals surface area (Å²) in [4.78, 5) is 0. The van der Waals surface area contributed by atoms with Gasteiger partial charge >= 0.3 is 0 Å². The van der Waals surface area contributed by atoms with Gasteiger partial charge in [-0.3, -0.25) is 0 Å². The lowest BCUT2D eigenvalue weighted by Gasteiger charge is -2.48. The lowest BCUT2D eigenvalue weighted by atomic mass is 9.56. The van der Waals surface area contributed by atoms with Gasteiger partial charge in [0, 0.05) is 0 Å². The van der Waals surface area contributed by atoms with Crippen molar-refractivity contribution in [1.29, 1.82) is 0 Å². The van der Waals surface area contributed by atoms with Crippen LogP contribution in [-0.4, -0.2) is 0 Å². The Labute approximate surface area is 298 Å². The molecule has 2 aromatic rings. The van der Waals surface area contributed by atoms with Gasteiger partial charge in [-0.05, 0) is 154 Å². The molecule has 4 fully saturated rings. The number of rotatable bonds is 4. The van der Waals surface area contributed by atoms with Crippen LogP contribution in [0.1, 0.15) is 163 Å². The highest BCUT2D eigenvalue weighted by molar-refractivity contribution is 5.33. The Kier molecular flexibility index (Phi) is 9.73. The minimum absolute atomic E-state index is 0.186. The van der Waals surface area contributed by atoms with Crippen molar-refractivity contribution in [1.82, 2.24) is 0 Å². The van der Waals surface area contributed by atoms with Gasteiger partial charge < -0.3 is 0 Å². The Hall–Kier alpha value is -1.56. The summed E-state index contributed by atoms with van der Waals surface area (Å²) in [5.74, 6) is 9.50. The van der Waals surface area contributed by atoms with E-state index >= 15 is 0 Å². The zero-order valence-electron chi connectivity index (χ0n) is 33.6. The minimum atomic E-state index is 0.186. The van der Waals surface area contributed by atoms with Gasteiger partial charge in [0.15, 0.2) is 0 Å². The van der Waals surface area contributed by atoms with Gasteiger partial charge in [-0.2, -0.15) is 0 Å². The van der Waals surface area contributed by atoms with Crippen molar-refractivity contribution in [3.63, 3.8) is 0 Å². The molecule has 0 amide bonds. The van der Waals surface area contributed by atoms with Crippen molar-refractivity contribution in [2.45, 2.75) is 152 Å². The number of hydrogen-bond acceptors (Lipinski definition) is 0. The summed E-state index contributed by atoms with van der Waals surface area (Å²) < 4.78 is 0. The molecule has 0 aliphatic heterocycles. The molecule has 0 bridgehead atoms. The van der Waals surface area contributed by atoms with E-state index in [9.17, 15) is 0 Å². The molecule has 6 rings (SSSR count). The second kappa shape index (κ2) is 12.9. The number of fused-ring (bicyclic) bond motifs is 3. The molecular formula is C48H74. The maximum atomic E-state index is 2.65. The highest BCUT2D eigenvalue weighted by Crippen LogP contribution is 2.69. The Balaban J connectivity index is 1.52. The van der Waals surface area contributed by atoms with Crippen LogP contribution in [0.15, 0.2) is 54.6 Å². The molecule has 0 aromatic heterocycles. The van der Waals surface area contributed by atoms with E-state index < -0.39 is 0 Å². The van der Waals surface area contributed by atoms with E-state index in [1.165, 1.54) is 50.5 Å². The molecule has 4 aliphatic carbocycles. The largest absolute Gasteiger partial charge is 0.0622 e. The molecule has 12 atom stereocenters. The Morgan fingerprint density at radius 3 is 1.65 bits per heavy atom. The average molecular weight is 651 g/mol. The third-order valence-electron chi connectivity index (χ3n) is 15.4. The van der Waals surface area contributed by atoms with E-state index in [0.717, 1.165) is 59.2 Å². The predicted molar refractivity (Wildman–Crippen MR) is 208 cm³/mol. The van der Waals surface area contributed by atoms with E-state index in [4.69, 9.17) is 0 Å². The second-order valence-corrected chi connectivity index (χ2v) is 22.1. The summed E-state index contributed by atoms with van der Waals surface area (Å²) in [5, 5.41) is 0. The highest BCUT2D eigenvalue weighted by Gasteiger charge is 2.61. The van der Waals surface area contributed by atoms with Crippen molar-refractivity contribution < 1.29 is 0 Å². The first-order chi connectivity index (χ1) is 22.2. The summed E-state index contributed by atoms with van der Waals surface area (Å²) in [7, 11) is 0. The standard InChI is InChI=1S/C48H74/c1-30-25-35(47(8,9)10)27-38(30)42(32-19-21-33(22-20-32)45(2,3)4)44-40-26-34(46(5,6)7)23-24-37(40)43-39(31-17-15-14-16-18-31)28-36(29-41(43)44)48(11,12)13/h14-22,30,34-44H,23-29H2,1-13H3. The molecule has 0 N–H and O–H groups in total. The molecule has 4 aliphatic rings. The molecule has 0 saturated heterocycles. The summed E-state index contributed by atoms with van der Waals surface area (Å²) in [6.07, 6.45) is 9.97. The van der Waals surface area contributed by atoms with Gasteiger partial charge in [0.2, 0.25) is 0 Å². The van der Waals surface area contributed by atoms with E-state index in [1.54, 1.807) is 11.1 Å². The van der Waals surface area contributed by atoms with Crippen LogP contribution in [0.5, 0.6) is 0 Å². The third kappa shape index (κ3) is 7.00. The zero-order valence-corrected chi connectivity index (χ0v) is 33.6. The molecule has 0 nitrogen and oxygen atoms in total. The van der Waals surface area contributed by atoms with Gasteiger partial charge in [0.25, 0.3) is 0 Å². The molecule has 0 heterocycles. The highest BCUT2D eigenvalue weighted by atomic mass is 14.7. The van der Waals surface area contributed by atoms with Crippen LogP contribution in [0.25, 0.3) is 0 Å². The Morgan fingerprint density at radius 1 is 0.542 bits per heavy atom.